The summed E-state index contributed by atoms with van der Waals surface area (Å²) in [5, 5.41) is 2.89. The van der Waals surface area contributed by atoms with Gasteiger partial charge in [-0.2, -0.15) is 0 Å². The minimum atomic E-state index is -0.239. The lowest BCUT2D eigenvalue weighted by Crippen LogP contribution is -2.44. The predicted molar refractivity (Wildman–Crippen MR) is 112 cm³/mol. The molecule has 2 amide bonds. The summed E-state index contributed by atoms with van der Waals surface area (Å²) in [6.45, 7) is 5.00. The summed E-state index contributed by atoms with van der Waals surface area (Å²) in [7, 11) is 0. The van der Waals surface area contributed by atoms with Crippen LogP contribution in [-0.4, -0.2) is 52.9 Å². The van der Waals surface area contributed by atoms with E-state index in [9.17, 15) is 9.59 Å². The molecule has 1 unspecified atom stereocenters. The monoisotopic (exact) mass is 393 g/mol. The predicted octanol–water partition coefficient (Wildman–Crippen LogP) is 2.88. The summed E-state index contributed by atoms with van der Waals surface area (Å²) in [5.74, 6) is 0.131. The van der Waals surface area contributed by atoms with Crippen molar-refractivity contribution in [2.75, 3.05) is 36.4 Å². The molecule has 0 radical (unpaired) electrons. The Kier molecular flexibility index (Phi) is 5.74. The van der Waals surface area contributed by atoms with Gasteiger partial charge in [-0.25, -0.2) is 4.98 Å². The number of hydrogen-bond acceptors (Lipinski definition) is 5. The molecule has 2 aromatic rings. The van der Waals surface area contributed by atoms with E-state index in [4.69, 9.17) is 0 Å². The van der Waals surface area contributed by atoms with E-state index >= 15 is 0 Å². The van der Waals surface area contributed by atoms with Crippen LogP contribution < -0.4 is 10.2 Å². The molecule has 1 N–H and O–H groups in total. The molecule has 7 nitrogen and oxygen atoms in total. The first-order chi connectivity index (χ1) is 14.1. The molecule has 0 aromatic carbocycles. The average molecular weight is 393 g/mol. The van der Waals surface area contributed by atoms with Crippen LogP contribution in [0.2, 0.25) is 0 Å². The molecule has 4 heterocycles. The van der Waals surface area contributed by atoms with Gasteiger partial charge in [-0.15, -0.1) is 0 Å². The first kappa shape index (κ1) is 19.4. The van der Waals surface area contributed by atoms with Crippen LogP contribution in [0.15, 0.2) is 36.5 Å². The molecule has 0 saturated carbocycles. The van der Waals surface area contributed by atoms with Crippen molar-refractivity contribution in [3.8, 4) is 0 Å². The van der Waals surface area contributed by atoms with Crippen molar-refractivity contribution in [1.82, 2.24) is 14.9 Å². The number of rotatable bonds is 4. The minimum absolute atomic E-state index is 0.0839. The third-order valence-electron chi connectivity index (χ3n) is 5.65. The highest BCUT2D eigenvalue weighted by Crippen LogP contribution is 2.23. The number of anilines is 2. The maximum atomic E-state index is 13.0. The van der Waals surface area contributed by atoms with Crippen LogP contribution >= 0.6 is 0 Å². The number of likely N-dealkylation sites (tertiary alicyclic amines) is 1. The fourth-order valence-electron chi connectivity index (χ4n) is 4.09. The molecule has 4 rings (SSSR count). The first-order valence-corrected chi connectivity index (χ1v) is 10.3. The highest BCUT2D eigenvalue weighted by atomic mass is 16.2. The highest BCUT2D eigenvalue weighted by Gasteiger charge is 2.30. The van der Waals surface area contributed by atoms with E-state index < -0.39 is 0 Å². The molecular formula is C22H27N5O2. The second-order valence-corrected chi connectivity index (χ2v) is 7.84. The van der Waals surface area contributed by atoms with E-state index in [2.05, 4.69) is 20.2 Å². The summed E-state index contributed by atoms with van der Waals surface area (Å²) in [6, 6.07) is 9.38. The minimum Gasteiger partial charge on any atom is -0.371 e. The number of amides is 2. The Labute approximate surface area is 171 Å². The molecule has 29 heavy (non-hydrogen) atoms. The van der Waals surface area contributed by atoms with E-state index in [1.54, 1.807) is 17.2 Å². The Morgan fingerprint density at radius 1 is 1.10 bits per heavy atom. The molecular weight excluding hydrogens is 366 g/mol. The number of hydrogen-bond donors (Lipinski definition) is 1. The molecule has 2 aliphatic rings. The zero-order valence-corrected chi connectivity index (χ0v) is 16.8. The third-order valence-corrected chi connectivity index (χ3v) is 5.65. The second-order valence-electron chi connectivity index (χ2n) is 7.84. The van der Waals surface area contributed by atoms with E-state index in [-0.39, 0.29) is 17.7 Å². The van der Waals surface area contributed by atoms with Gasteiger partial charge < -0.3 is 15.1 Å². The van der Waals surface area contributed by atoms with Gasteiger partial charge in [-0.05, 0) is 56.9 Å². The van der Waals surface area contributed by atoms with E-state index in [0.717, 1.165) is 37.3 Å². The Morgan fingerprint density at radius 2 is 1.93 bits per heavy atom. The van der Waals surface area contributed by atoms with Gasteiger partial charge in [-0.3, -0.25) is 14.6 Å². The number of carbonyl (C=O) groups excluding carboxylic acids is 2. The van der Waals surface area contributed by atoms with Gasteiger partial charge >= 0.3 is 0 Å². The van der Waals surface area contributed by atoms with Gasteiger partial charge in [0.05, 0.1) is 5.92 Å². The smallest absolute Gasteiger partial charge is 0.272 e. The number of carbonyl (C=O) groups is 2. The van der Waals surface area contributed by atoms with Gasteiger partial charge in [0.15, 0.2) is 0 Å². The van der Waals surface area contributed by atoms with Gasteiger partial charge in [-0.1, -0.05) is 6.07 Å². The zero-order chi connectivity index (χ0) is 20.2. The Bertz CT molecular complexity index is 894. The second kappa shape index (κ2) is 8.59. The SMILES string of the molecule is Cc1cccc(NC(=O)C2CCCN(C(=O)c3cc(N4CCCC4)ccn3)C2)n1. The van der Waals surface area contributed by atoms with Crippen LogP contribution in [0.4, 0.5) is 11.5 Å². The maximum Gasteiger partial charge on any atom is 0.272 e. The van der Waals surface area contributed by atoms with Crippen LogP contribution in [0.3, 0.4) is 0 Å². The summed E-state index contributed by atoms with van der Waals surface area (Å²) in [5.41, 5.74) is 2.36. The summed E-state index contributed by atoms with van der Waals surface area (Å²) in [6.07, 6.45) is 5.65. The highest BCUT2D eigenvalue weighted by molar-refractivity contribution is 5.95. The molecule has 1 atom stereocenters. The van der Waals surface area contributed by atoms with Crippen molar-refractivity contribution < 1.29 is 9.59 Å². The van der Waals surface area contributed by atoms with Crippen LogP contribution in [0.1, 0.15) is 41.9 Å². The number of pyridine rings is 2. The van der Waals surface area contributed by atoms with Crippen molar-refractivity contribution in [1.29, 1.82) is 0 Å². The van der Waals surface area contributed by atoms with Gasteiger partial charge in [0.1, 0.15) is 11.5 Å². The lowest BCUT2D eigenvalue weighted by molar-refractivity contribution is -0.121. The lowest BCUT2D eigenvalue weighted by Gasteiger charge is -2.32. The molecule has 0 aliphatic carbocycles. The normalized spacial score (nSPS) is 19.3. The van der Waals surface area contributed by atoms with Crippen LogP contribution in [0.5, 0.6) is 0 Å². The van der Waals surface area contributed by atoms with Crippen molar-refractivity contribution in [3.63, 3.8) is 0 Å². The third kappa shape index (κ3) is 4.55. The topological polar surface area (TPSA) is 78.4 Å². The van der Waals surface area contributed by atoms with Crippen LogP contribution in [0, 0.1) is 12.8 Å². The fourth-order valence-corrected chi connectivity index (χ4v) is 4.09. The van der Waals surface area contributed by atoms with E-state index in [0.29, 0.717) is 24.6 Å². The standard InChI is InChI=1S/C22H27N5O2/c1-16-6-4-8-20(24-16)25-21(28)17-7-5-13-27(15-17)22(29)19-14-18(9-10-23-19)26-11-2-3-12-26/h4,6,8-10,14,17H,2-3,5,7,11-13,15H2,1H3,(H,24,25,28). The first-order valence-electron chi connectivity index (χ1n) is 10.3. The molecule has 2 saturated heterocycles. The van der Waals surface area contributed by atoms with Gasteiger partial charge in [0, 0.05) is 43.8 Å². The van der Waals surface area contributed by atoms with Gasteiger partial charge in [0.25, 0.3) is 5.91 Å². The number of nitrogens with one attached hydrogen (secondary N) is 1. The number of piperidine rings is 1. The molecule has 0 bridgehead atoms. The molecule has 7 heteroatoms. The van der Waals surface area contributed by atoms with Crippen LogP contribution in [0.25, 0.3) is 0 Å². The molecule has 2 fully saturated rings. The van der Waals surface area contributed by atoms with Crippen LogP contribution in [-0.2, 0) is 4.79 Å². The zero-order valence-electron chi connectivity index (χ0n) is 16.8. The number of aromatic nitrogens is 2. The quantitative estimate of drug-likeness (QED) is 0.864. The van der Waals surface area contributed by atoms with Crippen molar-refractivity contribution in [2.24, 2.45) is 5.92 Å². The van der Waals surface area contributed by atoms with Crippen molar-refractivity contribution >= 4 is 23.3 Å². The summed E-state index contributed by atoms with van der Waals surface area (Å²) in [4.78, 5) is 38.4. The lowest BCUT2D eigenvalue weighted by atomic mass is 9.96. The molecule has 2 aromatic heterocycles. The van der Waals surface area contributed by atoms with E-state index in [1.807, 2.05) is 31.2 Å². The van der Waals surface area contributed by atoms with Crippen molar-refractivity contribution in [2.45, 2.75) is 32.6 Å². The average Bonchev–Trinajstić information content (AvgIpc) is 3.28. The summed E-state index contributed by atoms with van der Waals surface area (Å²) >= 11 is 0. The maximum absolute atomic E-state index is 13.0. The number of aryl methyl sites for hydroxylation is 1. The Hall–Kier alpha value is -2.96. The molecule has 2 aliphatic heterocycles. The van der Waals surface area contributed by atoms with E-state index in [1.165, 1.54) is 12.8 Å². The number of nitrogens with zero attached hydrogens (tertiary/aromatic N) is 4. The molecule has 0 spiro atoms. The summed E-state index contributed by atoms with van der Waals surface area (Å²) < 4.78 is 0. The van der Waals surface area contributed by atoms with Crippen molar-refractivity contribution in [3.05, 3.63) is 47.9 Å². The van der Waals surface area contributed by atoms with Gasteiger partial charge in [0.2, 0.25) is 5.91 Å². The Balaban J connectivity index is 1.42. The largest absolute Gasteiger partial charge is 0.371 e. The Morgan fingerprint density at radius 3 is 2.72 bits per heavy atom. The fraction of sp³-hybridized carbons (Fsp3) is 0.455. The molecule has 152 valence electrons.